The van der Waals surface area contributed by atoms with Crippen LogP contribution in [0.3, 0.4) is 0 Å². The first-order chi connectivity index (χ1) is 8.98. The molecule has 0 saturated carbocycles. The summed E-state index contributed by atoms with van der Waals surface area (Å²) in [6, 6.07) is -0.420. The van der Waals surface area contributed by atoms with Crippen molar-refractivity contribution < 1.29 is 18.0 Å². The normalized spacial score (nSPS) is 29.9. The molecule has 3 nitrogen and oxygen atoms in total. The van der Waals surface area contributed by atoms with Crippen molar-refractivity contribution in [3.63, 3.8) is 0 Å². The van der Waals surface area contributed by atoms with Gasteiger partial charge in [0.2, 0.25) is 5.91 Å². The topological polar surface area (TPSA) is 32.3 Å². The lowest BCUT2D eigenvalue weighted by Gasteiger charge is -2.33. The molecule has 2 heterocycles. The Morgan fingerprint density at radius 3 is 2.16 bits per heavy atom. The summed E-state index contributed by atoms with van der Waals surface area (Å²) in [5.74, 6) is -1.32. The maximum atomic E-state index is 12.5. The molecule has 0 spiro atoms. The quantitative estimate of drug-likeness (QED) is 0.798. The largest absolute Gasteiger partial charge is 0.393 e. The fraction of sp³-hybridized carbons (Fsp3) is 0.923. The highest BCUT2D eigenvalue weighted by atomic mass is 19.4. The zero-order valence-corrected chi connectivity index (χ0v) is 11.0. The molecule has 110 valence electrons. The van der Waals surface area contributed by atoms with Gasteiger partial charge in [0.15, 0.2) is 0 Å². The number of amides is 1. The number of carbonyl (C=O) groups is 1. The van der Waals surface area contributed by atoms with Crippen LogP contribution in [0.1, 0.15) is 38.5 Å². The summed E-state index contributed by atoms with van der Waals surface area (Å²) in [5, 5.41) is 2.78. The van der Waals surface area contributed by atoms with Gasteiger partial charge in [-0.25, -0.2) is 0 Å². The third-order valence-electron chi connectivity index (χ3n) is 4.09. The SMILES string of the molecule is O=C(C1CCC(C(F)(F)F)CN1)N1CCCCCC1. The highest BCUT2D eigenvalue weighted by Gasteiger charge is 2.42. The molecule has 2 rings (SSSR count). The Balaban J connectivity index is 1.85. The van der Waals surface area contributed by atoms with Crippen LogP contribution < -0.4 is 5.32 Å². The highest BCUT2D eigenvalue weighted by Crippen LogP contribution is 2.32. The Kier molecular flexibility index (Phi) is 4.71. The number of nitrogens with zero attached hydrogens (tertiary/aromatic N) is 1. The van der Waals surface area contributed by atoms with Crippen molar-refractivity contribution in [3.05, 3.63) is 0 Å². The highest BCUT2D eigenvalue weighted by molar-refractivity contribution is 5.82. The van der Waals surface area contributed by atoms with E-state index in [0.717, 1.165) is 38.8 Å². The lowest BCUT2D eigenvalue weighted by molar-refractivity contribution is -0.180. The molecule has 0 radical (unpaired) electrons. The Hall–Kier alpha value is -0.780. The zero-order valence-electron chi connectivity index (χ0n) is 11.0. The van der Waals surface area contributed by atoms with E-state index in [1.165, 1.54) is 0 Å². The third kappa shape index (κ3) is 3.84. The van der Waals surface area contributed by atoms with E-state index in [-0.39, 0.29) is 18.9 Å². The number of rotatable bonds is 1. The number of hydrogen-bond donors (Lipinski definition) is 1. The van der Waals surface area contributed by atoms with Crippen LogP contribution in [0.25, 0.3) is 0 Å². The van der Waals surface area contributed by atoms with E-state index < -0.39 is 18.1 Å². The van der Waals surface area contributed by atoms with Gasteiger partial charge in [-0.05, 0) is 25.7 Å². The number of halogens is 3. The second kappa shape index (κ2) is 6.11. The van der Waals surface area contributed by atoms with Crippen molar-refractivity contribution in [1.82, 2.24) is 10.2 Å². The monoisotopic (exact) mass is 278 g/mol. The van der Waals surface area contributed by atoms with Gasteiger partial charge in [-0.15, -0.1) is 0 Å². The standard InChI is InChI=1S/C13H21F3N2O/c14-13(15,16)10-5-6-11(17-9-10)12(19)18-7-3-1-2-4-8-18/h10-11,17H,1-9H2. The van der Waals surface area contributed by atoms with Crippen LogP contribution in [0.4, 0.5) is 13.2 Å². The van der Waals surface area contributed by atoms with Crippen LogP contribution in [-0.4, -0.2) is 42.7 Å². The van der Waals surface area contributed by atoms with Gasteiger partial charge in [-0.3, -0.25) is 4.79 Å². The Bertz CT molecular complexity index is 304. The molecule has 0 aromatic heterocycles. The van der Waals surface area contributed by atoms with Crippen molar-refractivity contribution in [3.8, 4) is 0 Å². The molecular weight excluding hydrogens is 257 g/mol. The van der Waals surface area contributed by atoms with Crippen molar-refractivity contribution in [2.75, 3.05) is 19.6 Å². The fourth-order valence-corrected chi connectivity index (χ4v) is 2.86. The predicted octanol–water partition coefficient (Wildman–Crippen LogP) is 2.32. The van der Waals surface area contributed by atoms with Gasteiger partial charge in [0.05, 0.1) is 12.0 Å². The van der Waals surface area contributed by atoms with Crippen LogP contribution in [0.15, 0.2) is 0 Å². The van der Waals surface area contributed by atoms with E-state index in [1.54, 1.807) is 0 Å². The molecule has 0 aromatic carbocycles. The van der Waals surface area contributed by atoms with Crippen molar-refractivity contribution in [2.24, 2.45) is 5.92 Å². The fourth-order valence-electron chi connectivity index (χ4n) is 2.86. The minimum absolute atomic E-state index is 0.0116. The first-order valence-corrected chi connectivity index (χ1v) is 7.07. The molecule has 0 aliphatic carbocycles. The lowest BCUT2D eigenvalue weighted by atomic mass is 9.93. The average Bonchev–Trinajstić information content (AvgIpc) is 2.66. The minimum Gasteiger partial charge on any atom is -0.341 e. The van der Waals surface area contributed by atoms with E-state index in [2.05, 4.69) is 5.32 Å². The molecule has 2 saturated heterocycles. The van der Waals surface area contributed by atoms with Crippen LogP contribution in [0.2, 0.25) is 0 Å². The van der Waals surface area contributed by atoms with Crippen LogP contribution in [-0.2, 0) is 4.79 Å². The first kappa shape index (κ1) is 14.6. The number of alkyl halides is 3. The molecule has 2 aliphatic rings. The van der Waals surface area contributed by atoms with Gasteiger partial charge in [0.1, 0.15) is 0 Å². The van der Waals surface area contributed by atoms with Crippen LogP contribution in [0, 0.1) is 5.92 Å². The molecular formula is C13H21F3N2O. The Labute approximate surface area is 111 Å². The molecule has 2 atom stereocenters. The Morgan fingerprint density at radius 2 is 1.68 bits per heavy atom. The molecule has 0 aromatic rings. The summed E-state index contributed by atoms with van der Waals surface area (Å²) in [7, 11) is 0. The number of piperidine rings is 1. The van der Waals surface area contributed by atoms with Crippen LogP contribution in [0.5, 0.6) is 0 Å². The van der Waals surface area contributed by atoms with Crippen LogP contribution >= 0.6 is 0 Å². The smallest absolute Gasteiger partial charge is 0.341 e. The maximum Gasteiger partial charge on any atom is 0.393 e. The summed E-state index contributed by atoms with van der Waals surface area (Å²) in [6.45, 7) is 1.37. The van der Waals surface area contributed by atoms with Crippen molar-refractivity contribution in [1.29, 1.82) is 0 Å². The molecule has 0 bridgehead atoms. The molecule has 19 heavy (non-hydrogen) atoms. The molecule has 6 heteroatoms. The minimum atomic E-state index is -4.15. The van der Waals surface area contributed by atoms with Crippen molar-refractivity contribution in [2.45, 2.75) is 50.7 Å². The van der Waals surface area contributed by atoms with Crippen molar-refractivity contribution >= 4 is 5.91 Å². The van der Waals surface area contributed by atoms with Gasteiger partial charge in [-0.1, -0.05) is 12.8 Å². The second-order valence-corrected chi connectivity index (χ2v) is 5.52. The Morgan fingerprint density at radius 1 is 1.05 bits per heavy atom. The summed E-state index contributed by atoms with van der Waals surface area (Å²) >= 11 is 0. The summed E-state index contributed by atoms with van der Waals surface area (Å²) < 4.78 is 37.6. The van der Waals surface area contributed by atoms with Gasteiger partial charge in [0.25, 0.3) is 0 Å². The molecule has 1 amide bonds. The van der Waals surface area contributed by atoms with E-state index in [0.29, 0.717) is 6.42 Å². The zero-order chi connectivity index (χ0) is 13.9. The van der Waals surface area contributed by atoms with Gasteiger partial charge < -0.3 is 10.2 Å². The number of nitrogens with one attached hydrogen (secondary N) is 1. The maximum absolute atomic E-state index is 12.5. The third-order valence-corrected chi connectivity index (χ3v) is 4.09. The average molecular weight is 278 g/mol. The van der Waals surface area contributed by atoms with E-state index >= 15 is 0 Å². The predicted molar refractivity (Wildman–Crippen MR) is 65.6 cm³/mol. The van der Waals surface area contributed by atoms with E-state index in [4.69, 9.17) is 0 Å². The molecule has 2 fully saturated rings. The van der Waals surface area contributed by atoms with Gasteiger partial charge >= 0.3 is 6.18 Å². The number of hydrogen-bond acceptors (Lipinski definition) is 2. The second-order valence-electron chi connectivity index (χ2n) is 5.52. The van der Waals surface area contributed by atoms with E-state index in [9.17, 15) is 18.0 Å². The number of likely N-dealkylation sites (tertiary alicyclic amines) is 1. The van der Waals surface area contributed by atoms with E-state index in [1.807, 2.05) is 4.90 Å². The summed E-state index contributed by atoms with van der Waals surface area (Å²) in [4.78, 5) is 14.1. The number of carbonyl (C=O) groups excluding carboxylic acids is 1. The summed E-state index contributed by atoms with van der Waals surface area (Å²) in [5.41, 5.74) is 0. The first-order valence-electron chi connectivity index (χ1n) is 7.07. The molecule has 1 N–H and O–H groups in total. The lowest BCUT2D eigenvalue weighted by Crippen LogP contribution is -2.52. The van der Waals surface area contributed by atoms with Gasteiger partial charge in [-0.2, -0.15) is 13.2 Å². The molecule has 2 aliphatic heterocycles. The molecule has 2 unspecified atom stereocenters. The van der Waals surface area contributed by atoms with Gasteiger partial charge in [0, 0.05) is 19.6 Å². The summed E-state index contributed by atoms with van der Waals surface area (Å²) in [6.07, 6.45) is 0.479.